The largest absolute Gasteiger partial charge is 0.444 e. The molecule has 37 heavy (non-hydrogen) atoms. The zero-order valence-corrected chi connectivity index (χ0v) is 20.9. The molecule has 1 aromatic heterocycles. The second-order valence-corrected chi connectivity index (χ2v) is 10.4. The van der Waals surface area contributed by atoms with Gasteiger partial charge in [0.1, 0.15) is 5.60 Å². The molecular weight excluding hydrogens is 482 g/mol. The van der Waals surface area contributed by atoms with E-state index >= 15 is 0 Å². The van der Waals surface area contributed by atoms with Crippen molar-refractivity contribution in [1.82, 2.24) is 20.0 Å². The molecule has 0 bridgehead atoms. The van der Waals surface area contributed by atoms with Gasteiger partial charge in [-0.3, -0.25) is 4.79 Å². The van der Waals surface area contributed by atoms with E-state index in [1.54, 1.807) is 23.1 Å². The van der Waals surface area contributed by atoms with Gasteiger partial charge in [-0.15, -0.1) is 10.2 Å². The summed E-state index contributed by atoms with van der Waals surface area (Å²) in [6, 6.07) is 14.8. The smallest absolute Gasteiger partial charge is 0.410 e. The molecule has 8 nitrogen and oxygen atoms in total. The third kappa shape index (κ3) is 5.05. The molecule has 3 aromatic rings. The highest BCUT2D eigenvalue weighted by Gasteiger charge is 2.42. The van der Waals surface area contributed by atoms with Crippen LogP contribution in [0.3, 0.4) is 0 Å². The molecule has 3 heterocycles. The summed E-state index contributed by atoms with van der Waals surface area (Å²) >= 11 is 0. The number of amides is 2. The lowest BCUT2D eigenvalue weighted by Gasteiger charge is -2.43. The molecule has 0 N–H and O–H groups in total. The van der Waals surface area contributed by atoms with Crippen molar-refractivity contribution in [3.8, 4) is 11.5 Å². The van der Waals surface area contributed by atoms with E-state index in [2.05, 4.69) is 10.2 Å². The Labute approximate surface area is 213 Å². The molecule has 2 aromatic carbocycles. The monoisotopic (exact) mass is 510 g/mol. The second-order valence-electron chi connectivity index (χ2n) is 10.4. The maximum Gasteiger partial charge on any atom is 0.410 e. The average molecular weight is 511 g/mol. The minimum atomic E-state index is -2.87. The van der Waals surface area contributed by atoms with Gasteiger partial charge in [-0.2, -0.15) is 8.78 Å². The molecule has 10 heteroatoms. The van der Waals surface area contributed by atoms with Crippen LogP contribution < -0.4 is 0 Å². The lowest BCUT2D eigenvalue weighted by atomic mass is 9.85. The molecule has 2 aliphatic rings. The van der Waals surface area contributed by atoms with Crippen LogP contribution in [0, 0.1) is 0 Å². The third-order valence-electron chi connectivity index (χ3n) is 6.67. The minimum absolute atomic E-state index is 0.0582. The fourth-order valence-electron chi connectivity index (χ4n) is 5.00. The summed E-state index contributed by atoms with van der Waals surface area (Å²) in [7, 11) is 0. The Kier molecular flexibility index (Phi) is 6.43. The first-order chi connectivity index (χ1) is 17.6. The molecule has 2 amide bonds. The summed E-state index contributed by atoms with van der Waals surface area (Å²) in [4.78, 5) is 30.0. The van der Waals surface area contributed by atoms with Crippen LogP contribution >= 0.6 is 0 Å². The van der Waals surface area contributed by atoms with Gasteiger partial charge in [0.05, 0.1) is 0 Å². The number of hydrogen-bond donors (Lipinski definition) is 0. The summed E-state index contributed by atoms with van der Waals surface area (Å²) in [6.07, 6.45) is -2.64. The van der Waals surface area contributed by atoms with E-state index in [-0.39, 0.29) is 29.9 Å². The van der Waals surface area contributed by atoms with Gasteiger partial charge >= 0.3 is 12.5 Å². The van der Waals surface area contributed by atoms with Gasteiger partial charge in [0.15, 0.2) is 0 Å². The van der Waals surface area contributed by atoms with Crippen molar-refractivity contribution in [3.05, 3.63) is 71.1 Å². The zero-order chi connectivity index (χ0) is 26.3. The number of hydrogen-bond acceptors (Lipinski definition) is 6. The van der Waals surface area contributed by atoms with E-state index in [4.69, 9.17) is 9.15 Å². The van der Waals surface area contributed by atoms with E-state index in [1.807, 2.05) is 56.0 Å². The number of aromatic nitrogens is 2. The van der Waals surface area contributed by atoms with E-state index in [0.29, 0.717) is 37.2 Å². The van der Waals surface area contributed by atoms with Crippen LogP contribution in [0.5, 0.6) is 0 Å². The van der Waals surface area contributed by atoms with Gasteiger partial charge in [0.25, 0.3) is 11.8 Å². The highest BCUT2D eigenvalue weighted by molar-refractivity contribution is 5.99. The first-order valence-corrected chi connectivity index (χ1v) is 12.2. The van der Waals surface area contributed by atoms with Crippen LogP contribution in [0.15, 0.2) is 52.9 Å². The molecule has 1 saturated heterocycles. The Hall–Kier alpha value is -3.82. The number of rotatable bonds is 4. The summed E-state index contributed by atoms with van der Waals surface area (Å²) < 4.78 is 36.4. The third-order valence-corrected chi connectivity index (χ3v) is 6.67. The van der Waals surface area contributed by atoms with E-state index in [9.17, 15) is 18.4 Å². The van der Waals surface area contributed by atoms with Crippen LogP contribution in [0.1, 0.15) is 66.9 Å². The van der Waals surface area contributed by atoms with Crippen LogP contribution in [-0.2, 0) is 11.3 Å². The summed E-state index contributed by atoms with van der Waals surface area (Å²) in [5.74, 6) is -1.07. The Bertz CT molecular complexity index is 1310. The van der Waals surface area contributed by atoms with E-state index in [1.165, 1.54) is 0 Å². The lowest BCUT2D eigenvalue weighted by Crippen LogP contribution is -2.52. The van der Waals surface area contributed by atoms with E-state index in [0.717, 1.165) is 11.1 Å². The maximum absolute atomic E-state index is 13.6. The van der Waals surface area contributed by atoms with Crippen LogP contribution in [0.25, 0.3) is 11.5 Å². The number of alkyl halides is 2. The molecule has 0 saturated carbocycles. The molecule has 0 radical (unpaired) electrons. The number of carbonyl (C=O) groups excluding carboxylic acids is 2. The Morgan fingerprint density at radius 1 is 1.14 bits per heavy atom. The number of fused-ring (bicyclic) bond motifs is 1. The second kappa shape index (κ2) is 9.57. The fraction of sp³-hybridized carbons (Fsp3) is 0.407. The molecular formula is C27H28F2N4O4. The van der Waals surface area contributed by atoms with Crippen molar-refractivity contribution >= 4 is 12.0 Å². The highest BCUT2D eigenvalue weighted by Crippen LogP contribution is 2.37. The van der Waals surface area contributed by atoms with Crippen molar-refractivity contribution in [3.63, 3.8) is 0 Å². The van der Waals surface area contributed by atoms with Crippen molar-refractivity contribution in [2.75, 3.05) is 13.1 Å². The standard InChI is InChI=1S/C27H28F2N4O4/c1-27(2,3)37-26(35)32-12-11-21(20(15-32)16-7-5-4-6-8-16)33-14-18-10-9-17(13-19(18)25(33)34)23-30-31-24(36-23)22(28)29/h4-10,13,20-22H,11-12,14-15H2,1-3H3/t20-,21-/m1/s1. The molecule has 0 spiro atoms. The molecule has 0 unspecified atom stereocenters. The number of benzene rings is 2. The molecule has 0 aliphatic carbocycles. The number of nitrogens with zero attached hydrogens (tertiary/aromatic N) is 4. The zero-order valence-electron chi connectivity index (χ0n) is 20.9. The van der Waals surface area contributed by atoms with Crippen molar-refractivity contribution in [2.45, 2.75) is 57.7 Å². The highest BCUT2D eigenvalue weighted by atomic mass is 19.3. The Balaban J connectivity index is 1.40. The number of ether oxygens (including phenoxy) is 1. The maximum atomic E-state index is 13.6. The predicted octanol–water partition coefficient (Wildman–Crippen LogP) is 5.42. The molecule has 5 rings (SSSR count). The summed E-state index contributed by atoms with van der Waals surface area (Å²) in [5, 5.41) is 7.07. The van der Waals surface area contributed by atoms with Gasteiger partial charge in [-0.1, -0.05) is 36.4 Å². The van der Waals surface area contributed by atoms with Crippen LogP contribution in [-0.4, -0.2) is 56.7 Å². The van der Waals surface area contributed by atoms with Crippen molar-refractivity contribution in [1.29, 1.82) is 0 Å². The SMILES string of the molecule is CC(C)(C)OC(=O)N1CC[C@@H](N2Cc3ccc(-c4nnc(C(F)F)o4)cc3C2=O)[C@@H](c2ccccc2)C1. The van der Waals surface area contributed by atoms with Gasteiger partial charge < -0.3 is 19.0 Å². The molecule has 2 aliphatic heterocycles. The van der Waals surface area contributed by atoms with Crippen LogP contribution in [0.4, 0.5) is 13.6 Å². The quantitative estimate of drug-likeness (QED) is 0.466. The van der Waals surface area contributed by atoms with Gasteiger partial charge in [-0.05, 0) is 50.5 Å². The topological polar surface area (TPSA) is 88.8 Å². The average Bonchev–Trinajstić information content (AvgIpc) is 3.48. The van der Waals surface area contributed by atoms with E-state index < -0.39 is 17.9 Å². The molecule has 1 fully saturated rings. The number of piperidine rings is 1. The van der Waals surface area contributed by atoms with Gasteiger partial charge in [0, 0.05) is 42.7 Å². The Morgan fingerprint density at radius 3 is 2.57 bits per heavy atom. The molecule has 194 valence electrons. The summed E-state index contributed by atoms with van der Waals surface area (Å²) in [5.41, 5.74) is 2.16. The molecule has 2 atom stereocenters. The normalized spacial score (nSPS) is 19.9. The number of likely N-dealkylation sites (tertiary alicyclic amines) is 1. The number of halogens is 2. The Morgan fingerprint density at radius 2 is 1.89 bits per heavy atom. The van der Waals surface area contributed by atoms with Crippen LogP contribution in [0.2, 0.25) is 0 Å². The fourth-order valence-corrected chi connectivity index (χ4v) is 5.00. The van der Waals surface area contributed by atoms with Crippen molar-refractivity contribution in [2.24, 2.45) is 0 Å². The van der Waals surface area contributed by atoms with Crippen molar-refractivity contribution < 1.29 is 27.5 Å². The number of carbonyl (C=O) groups is 2. The minimum Gasteiger partial charge on any atom is -0.444 e. The van der Waals surface area contributed by atoms with Gasteiger partial charge in [0.2, 0.25) is 5.89 Å². The predicted molar refractivity (Wildman–Crippen MR) is 130 cm³/mol. The lowest BCUT2D eigenvalue weighted by molar-refractivity contribution is 0.0109. The summed E-state index contributed by atoms with van der Waals surface area (Å²) in [6.45, 7) is 6.82. The van der Waals surface area contributed by atoms with Gasteiger partial charge in [-0.25, -0.2) is 4.79 Å². The first kappa shape index (κ1) is 24.9. The first-order valence-electron chi connectivity index (χ1n) is 12.2.